The van der Waals surface area contributed by atoms with Gasteiger partial charge in [-0.25, -0.2) is 5.43 Å². The average Bonchev–Trinajstić information content (AvgIpc) is 2.68. The van der Waals surface area contributed by atoms with Gasteiger partial charge in [0, 0.05) is 18.8 Å². The molecule has 1 aromatic carbocycles. The van der Waals surface area contributed by atoms with Crippen LogP contribution < -0.4 is 11.3 Å². The van der Waals surface area contributed by atoms with Gasteiger partial charge >= 0.3 is 0 Å². The Morgan fingerprint density at radius 1 is 1.40 bits per heavy atom. The van der Waals surface area contributed by atoms with E-state index < -0.39 is 0 Å². The Hall–Kier alpha value is -1.65. The summed E-state index contributed by atoms with van der Waals surface area (Å²) in [6.45, 7) is 2.02. The van der Waals surface area contributed by atoms with Crippen molar-refractivity contribution in [2.45, 2.75) is 38.1 Å². The van der Waals surface area contributed by atoms with Crippen molar-refractivity contribution in [2.24, 2.45) is 12.9 Å². The van der Waals surface area contributed by atoms with E-state index in [0.717, 1.165) is 17.2 Å². The topological polar surface area (TPSA) is 55.9 Å². The summed E-state index contributed by atoms with van der Waals surface area (Å²) in [6, 6.07) is 8.80. The monoisotopic (exact) mass is 270 g/mol. The molecule has 3 N–H and O–H groups in total. The predicted octanol–water partition coefficient (Wildman–Crippen LogP) is 2.55. The number of hydrogen-bond acceptors (Lipinski definition) is 3. The van der Waals surface area contributed by atoms with Gasteiger partial charge in [0.05, 0.1) is 11.7 Å². The molecule has 0 saturated heterocycles. The van der Waals surface area contributed by atoms with Gasteiger partial charge < -0.3 is 0 Å². The first-order valence-electron chi connectivity index (χ1n) is 7.25. The van der Waals surface area contributed by atoms with Crippen LogP contribution in [0.15, 0.2) is 30.5 Å². The zero-order chi connectivity index (χ0) is 14.1. The average molecular weight is 270 g/mol. The van der Waals surface area contributed by atoms with E-state index in [9.17, 15) is 0 Å². The second-order valence-corrected chi connectivity index (χ2v) is 5.74. The molecule has 3 rings (SSSR count). The maximum atomic E-state index is 5.80. The van der Waals surface area contributed by atoms with Crippen molar-refractivity contribution in [3.63, 3.8) is 0 Å². The molecule has 1 saturated carbocycles. The Balaban J connectivity index is 1.94. The third-order valence-corrected chi connectivity index (χ3v) is 4.35. The lowest BCUT2D eigenvalue weighted by molar-refractivity contribution is 0.419. The van der Waals surface area contributed by atoms with Crippen LogP contribution in [0.3, 0.4) is 0 Å². The number of hydrogen-bond donors (Lipinski definition) is 2. The van der Waals surface area contributed by atoms with Crippen LogP contribution in [0.2, 0.25) is 0 Å². The molecule has 0 spiro atoms. The minimum atomic E-state index is 0.00345. The summed E-state index contributed by atoms with van der Waals surface area (Å²) >= 11 is 0. The molecule has 0 amide bonds. The van der Waals surface area contributed by atoms with E-state index in [1.54, 1.807) is 0 Å². The molecule has 1 heterocycles. The number of nitrogens with zero attached hydrogens (tertiary/aromatic N) is 2. The zero-order valence-electron chi connectivity index (χ0n) is 12.1. The van der Waals surface area contributed by atoms with Crippen molar-refractivity contribution >= 4 is 0 Å². The molecule has 0 bridgehead atoms. The van der Waals surface area contributed by atoms with Crippen LogP contribution >= 0.6 is 0 Å². The molecule has 1 aliphatic carbocycles. The molecular weight excluding hydrogens is 248 g/mol. The fraction of sp³-hybridized carbons (Fsp3) is 0.438. The molecule has 0 radical (unpaired) electrons. The van der Waals surface area contributed by atoms with Crippen LogP contribution in [-0.4, -0.2) is 9.78 Å². The Kier molecular flexibility index (Phi) is 3.59. The summed E-state index contributed by atoms with van der Waals surface area (Å²) in [5.74, 6) is 6.54. The Labute approximate surface area is 120 Å². The van der Waals surface area contributed by atoms with Crippen LogP contribution in [0, 0.1) is 6.92 Å². The number of aryl methyl sites for hydroxylation is 2. The maximum Gasteiger partial charge on any atom is 0.0743 e. The molecule has 1 fully saturated rings. The van der Waals surface area contributed by atoms with Crippen molar-refractivity contribution in [1.82, 2.24) is 15.2 Å². The summed E-state index contributed by atoms with van der Waals surface area (Å²) in [7, 11) is 1.94. The van der Waals surface area contributed by atoms with Crippen LogP contribution in [-0.2, 0) is 7.05 Å². The molecule has 0 aliphatic heterocycles. The molecule has 106 valence electrons. The van der Waals surface area contributed by atoms with Gasteiger partial charge in [0.15, 0.2) is 0 Å². The van der Waals surface area contributed by atoms with Gasteiger partial charge in [-0.3, -0.25) is 10.5 Å². The van der Waals surface area contributed by atoms with Crippen molar-refractivity contribution in [1.29, 1.82) is 0 Å². The lowest BCUT2D eigenvalue weighted by Gasteiger charge is -2.27. The van der Waals surface area contributed by atoms with E-state index in [0.29, 0.717) is 0 Å². The van der Waals surface area contributed by atoms with Gasteiger partial charge in [0.2, 0.25) is 0 Å². The second-order valence-electron chi connectivity index (χ2n) is 5.74. The van der Waals surface area contributed by atoms with Crippen LogP contribution in [0.4, 0.5) is 0 Å². The fourth-order valence-corrected chi connectivity index (χ4v) is 3.00. The second kappa shape index (κ2) is 5.38. The minimum Gasteiger partial charge on any atom is -0.275 e. The largest absolute Gasteiger partial charge is 0.275 e. The highest BCUT2D eigenvalue weighted by atomic mass is 15.3. The van der Waals surface area contributed by atoms with Crippen molar-refractivity contribution < 1.29 is 0 Å². The first-order chi connectivity index (χ1) is 9.69. The van der Waals surface area contributed by atoms with E-state index in [1.165, 1.54) is 30.4 Å². The minimum absolute atomic E-state index is 0.00345. The van der Waals surface area contributed by atoms with E-state index in [4.69, 9.17) is 5.84 Å². The first-order valence-corrected chi connectivity index (χ1v) is 7.25. The van der Waals surface area contributed by atoms with Gasteiger partial charge in [0.25, 0.3) is 0 Å². The zero-order valence-corrected chi connectivity index (χ0v) is 12.1. The molecule has 4 nitrogen and oxygen atoms in total. The standard InChI is InChI=1S/C16H22N4/c1-11-15(10-20(2)19-11)16(18-17)14-8-4-7-13(9-14)12-5-3-6-12/h4,7-10,12,16,18H,3,5-6,17H2,1-2H3. The van der Waals surface area contributed by atoms with Crippen molar-refractivity contribution in [3.8, 4) is 0 Å². The molecule has 2 aromatic rings. The molecule has 20 heavy (non-hydrogen) atoms. The van der Waals surface area contributed by atoms with Crippen molar-refractivity contribution in [2.75, 3.05) is 0 Å². The van der Waals surface area contributed by atoms with E-state index >= 15 is 0 Å². The summed E-state index contributed by atoms with van der Waals surface area (Å²) < 4.78 is 1.84. The number of rotatable bonds is 4. The summed E-state index contributed by atoms with van der Waals surface area (Å²) in [5, 5.41) is 4.41. The van der Waals surface area contributed by atoms with Gasteiger partial charge in [0.1, 0.15) is 0 Å². The van der Waals surface area contributed by atoms with Crippen molar-refractivity contribution in [3.05, 3.63) is 52.8 Å². The predicted molar refractivity (Wildman–Crippen MR) is 80.1 cm³/mol. The van der Waals surface area contributed by atoms with E-state index in [1.807, 2.05) is 24.9 Å². The Bertz CT molecular complexity index is 598. The number of benzene rings is 1. The molecule has 1 aliphatic rings. The summed E-state index contributed by atoms with van der Waals surface area (Å²) in [5.41, 5.74) is 7.75. The van der Waals surface area contributed by atoms with Gasteiger partial charge in [-0.2, -0.15) is 5.10 Å². The number of hydrazine groups is 1. The highest BCUT2D eigenvalue weighted by molar-refractivity contribution is 5.36. The number of nitrogens with two attached hydrogens (primary N) is 1. The third kappa shape index (κ3) is 2.37. The van der Waals surface area contributed by atoms with E-state index in [2.05, 4.69) is 34.8 Å². The quantitative estimate of drug-likeness (QED) is 0.663. The highest BCUT2D eigenvalue weighted by Gasteiger charge is 2.22. The number of aromatic nitrogens is 2. The van der Waals surface area contributed by atoms with E-state index in [-0.39, 0.29) is 6.04 Å². The molecular formula is C16H22N4. The van der Waals surface area contributed by atoms with Crippen LogP contribution in [0.25, 0.3) is 0 Å². The highest BCUT2D eigenvalue weighted by Crippen LogP contribution is 2.37. The Morgan fingerprint density at radius 2 is 2.20 bits per heavy atom. The third-order valence-electron chi connectivity index (χ3n) is 4.35. The molecule has 4 heteroatoms. The fourth-order valence-electron chi connectivity index (χ4n) is 3.00. The maximum absolute atomic E-state index is 5.80. The first kappa shape index (κ1) is 13.3. The van der Waals surface area contributed by atoms with Crippen LogP contribution in [0.5, 0.6) is 0 Å². The smallest absolute Gasteiger partial charge is 0.0743 e. The lowest BCUT2D eigenvalue weighted by Crippen LogP contribution is -2.29. The SMILES string of the molecule is Cc1nn(C)cc1C(NN)c1cccc(C2CCC2)c1. The molecule has 1 atom stereocenters. The molecule has 1 aromatic heterocycles. The Morgan fingerprint density at radius 3 is 2.75 bits per heavy atom. The van der Waals surface area contributed by atoms with Gasteiger partial charge in [-0.1, -0.05) is 30.7 Å². The summed E-state index contributed by atoms with van der Waals surface area (Å²) in [6.07, 6.45) is 6.03. The van der Waals surface area contributed by atoms with Crippen LogP contribution in [0.1, 0.15) is 53.6 Å². The normalized spacial score (nSPS) is 16.9. The summed E-state index contributed by atoms with van der Waals surface area (Å²) in [4.78, 5) is 0. The molecule has 1 unspecified atom stereocenters. The number of nitrogens with one attached hydrogen (secondary N) is 1. The lowest BCUT2D eigenvalue weighted by atomic mass is 9.79. The van der Waals surface area contributed by atoms with Gasteiger partial charge in [-0.05, 0) is 36.8 Å². The van der Waals surface area contributed by atoms with Gasteiger partial charge in [-0.15, -0.1) is 0 Å².